The van der Waals surface area contributed by atoms with Crippen molar-refractivity contribution in [3.63, 3.8) is 0 Å². The summed E-state index contributed by atoms with van der Waals surface area (Å²) in [5, 5.41) is 0.892. The molecule has 2 nitrogen and oxygen atoms in total. The Hall–Kier alpha value is -1.10. The number of nitrogen functional groups attached to an aromatic ring is 1. The lowest BCUT2D eigenvalue weighted by Crippen LogP contribution is -2.02. The van der Waals surface area contributed by atoms with Crippen LogP contribution in [0.15, 0.2) is 41.3 Å². The van der Waals surface area contributed by atoms with Crippen molar-refractivity contribution < 1.29 is 8.60 Å². The first kappa shape index (κ1) is 14.3. The van der Waals surface area contributed by atoms with Crippen LogP contribution in [0.5, 0.6) is 0 Å². The molecule has 2 aromatic rings. The smallest absolute Gasteiger partial charge is 0.125 e. The highest BCUT2D eigenvalue weighted by Crippen LogP contribution is 2.28. The summed E-state index contributed by atoms with van der Waals surface area (Å²) < 4.78 is 25.2. The molecule has 0 aromatic heterocycles. The number of halogens is 3. The molecule has 0 radical (unpaired) electrons. The van der Waals surface area contributed by atoms with E-state index in [-0.39, 0.29) is 11.4 Å². The Labute approximate surface area is 122 Å². The maximum atomic E-state index is 12.9. The Kier molecular flexibility index (Phi) is 4.45. The number of nitrogens with two attached hydrogens (primary N) is 1. The van der Waals surface area contributed by atoms with E-state index in [2.05, 4.69) is 0 Å². The number of rotatable bonds is 3. The highest BCUT2D eigenvalue weighted by molar-refractivity contribution is 7.84. The van der Waals surface area contributed by atoms with Crippen LogP contribution >= 0.6 is 23.2 Å². The zero-order valence-electron chi connectivity index (χ0n) is 9.70. The van der Waals surface area contributed by atoms with E-state index in [1.165, 1.54) is 12.1 Å². The van der Waals surface area contributed by atoms with Crippen LogP contribution < -0.4 is 5.73 Å². The molecule has 6 heteroatoms. The number of anilines is 1. The minimum absolute atomic E-state index is 0.133. The summed E-state index contributed by atoms with van der Waals surface area (Å²) in [6.07, 6.45) is 0. The third-order valence-corrected chi connectivity index (χ3v) is 4.68. The molecule has 0 saturated carbocycles. The summed E-state index contributed by atoms with van der Waals surface area (Å²) in [7, 11) is -1.44. The standard InChI is InChI=1S/C13H10Cl2FNOS/c14-10-2-1-3-11(15)9(10)7-19(18)13-5-4-8(16)6-12(13)17/h1-6H,7,17H2. The normalized spacial score (nSPS) is 12.4. The number of hydrogen-bond donors (Lipinski definition) is 1. The average molecular weight is 318 g/mol. The largest absolute Gasteiger partial charge is 0.398 e. The van der Waals surface area contributed by atoms with E-state index in [0.29, 0.717) is 20.5 Å². The van der Waals surface area contributed by atoms with Gasteiger partial charge in [0.25, 0.3) is 0 Å². The van der Waals surface area contributed by atoms with Gasteiger partial charge in [0.05, 0.1) is 27.1 Å². The first-order valence-corrected chi connectivity index (χ1v) is 7.43. The maximum Gasteiger partial charge on any atom is 0.125 e. The molecule has 2 N–H and O–H groups in total. The van der Waals surface area contributed by atoms with Gasteiger partial charge in [0.1, 0.15) is 5.82 Å². The molecule has 0 heterocycles. The molecule has 0 saturated heterocycles. The molecule has 0 amide bonds. The van der Waals surface area contributed by atoms with Crippen LogP contribution in [0, 0.1) is 5.82 Å². The first-order chi connectivity index (χ1) is 8.99. The fourth-order valence-electron chi connectivity index (χ4n) is 1.61. The van der Waals surface area contributed by atoms with E-state index >= 15 is 0 Å². The Bertz CT molecular complexity index is 628. The van der Waals surface area contributed by atoms with Gasteiger partial charge < -0.3 is 5.73 Å². The predicted molar refractivity (Wildman–Crippen MR) is 77.4 cm³/mol. The minimum Gasteiger partial charge on any atom is -0.398 e. The van der Waals surface area contributed by atoms with E-state index in [1.54, 1.807) is 18.2 Å². The molecule has 0 aliphatic rings. The van der Waals surface area contributed by atoms with E-state index < -0.39 is 16.6 Å². The summed E-state index contributed by atoms with van der Waals surface area (Å²) in [4.78, 5) is 0.373. The second-order valence-corrected chi connectivity index (χ2v) is 6.11. The van der Waals surface area contributed by atoms with Gasteiger partial charge in [0, 0.05) is 15.6 Å². The average Bonchev–Trinajstić information content (AvgIpc) is 2.33. The predicted octanol–water partition coefficient (Wildman–Crippen LogP) is 4.02. The van der Waals surface area contributed by atoms with Gasteiger partial charge in [-0.05, 0) is 30.3 Å². The Morgan fingerprint density at radius 1 is 1.16 bits per heavy atom. The molecule has 1 unspecified atom stereocenters. The van der Waals surface area contributed by atoms with Gasteiger partial charge in [0.15, 0.2) is 0 Å². The van der Waals surface area contributed by atoms with Crippen molar-refractivity contribution in [1.82, 2.24) is 0 Å². The van der Waals surface area contributed by atoms with E-state index in [0.717, 1.165) is 6.07 Å². The highest BCUT2D eigenvalue weighted by atomic mass is 35.5. The van der Waals surface area contributed by atoms with Crippen LogP contribution in [-0.2, 0) is 16.6 Å². The third-order valence-electron chi connectivity index (χ3n) is 2.55. The molecule has 19 heavy (non-hydrogen) atoms. The zero-order chi connectivity index (χ0) is 14.0. The van der Waals surface area contributed by atoms with Gasteiger partial charge in [-0.2, -0.15) is 0 Å². The van der Waals surface area contributed by atoms with Crippen LogP contribution in [0.4, 0.5) is 10.1 Å². The Morgan fingerprint density at radius 2 is 1.79 bits per heavy atom. The monoisotopic (exact) mass is 317 g/mol. The van der Waals surface area contributed by atoms with Crippen molar-refractivity contribution in [2.75, 3.05) is 5.73 Å². The summed E-state index contributed by atoms with van der Waals surface area (Å²) >= 11 is 12.0. The molecule has 1 atom stereocenters. The van der Waals surface area contributed by atoms with Crippen molar-refractivity contribution in [2.45, 2.75) is 10.6 Å². The molecule has 0 fully saturated rings. The van der Waals surface area contributed by atoms with Gasteiger partial charge in [-0.15, -0.1) is 0 Å². The molecule has 0 bridgehead atoms. The molecular weight excluding hydrogens is 308 g/mol. The molecule has 0 spiro atoms. The van der Waals surface area contributed by atoms with Gasteiger partial charge in [-0.1, -0.05) is 29.3 Å². The topological polar surface area (TPSA) is 43.1 Å². The number of benzene rings is 2. The van der Waals surface area contributed by atoms with Crippen molar-refractivity contribution in [1.29, 1.82) is 0 Å². The van der Waals surface area contributed by atoms with Crippen LogP contribution in [0.25, 0.3) is 0 Å². The number of hydrogen-bond acceptors (Lipinski definition) is 2. The van der Waals surface area contributed by atoms with Crippen LogP contribution in [-0.4, -0.2) is 4.21 Å². The highest BCUT2D eigenvalue weighted by Gasteiger charge is 2.14. The van der Waals surface area contributed by atoms with Gasteiger partial charge in [-0.25, -0.2) is 4.39 Å². The lowest BCUT2D eigenvalue weighted by molar-refractivity contribution is 0.627. The first-order valence-electron chi connectivity index (χ1n) is 5.35. The van der Waals surface area contributed by atoms with Gasteiger partial charge in [-0.3, -0.25) is 4.21 Å². The van der Waals surface area contributed by atoms with Gasteiger partial charge in [0.2, 0.25) is 0 Å². The van der Waals surface area contributed by atoms with Crippen LogP contribution in [0.1, 0.15) is 5.56 Å². The molecular formula is C13H10Cl2FNOS. The quantitative estimate of drug-likeness (QED) is 0.869. The van der Waals surface area contributed by atoms with Crippen molar-refractivity contribution >= 4 is 39.7 Å². The fraction of sp³-hybridized carbons (Fsp3) is 0.0769. The van der Waals surface area contributed by atoms with E-state index in [1.807, 2.05) is 0 Å². The van der Waals surface area contributed by atoms with Crippen molar-refractivity contribution in [2.24, 2.45) is 0 Å². The summed E-state index contributed by atoms with van der Waals surface area (Å²) in [6, 6.07) is 8.83. The maximum absolute atomic E-state index is 12.9. The molecule has 0 aliphatic carbocycles. The van der Waals surface area contributed by atoms with Crippen molar-refractivity contribution in [3.8, 4) is 0 Å². The second-order valence-electron chi connectivity index (χ2n) is 3.87. The Morgan fingerprint density at radius 3 is 2.37 bits per heavy atom. The lowest BCUT2D eigenvalue weighted by Gasteiger charge is -2.09. The van der Waals surface area contributed by atoms with E-state index in [4.69, 9.17) is 28.9 Å². The minimum atomic E-state index is -1.44. The summed E-state index contributed by atoms with van der Waals surface area (Å²) in [5.41, 5.74) is 6.40. The molecule has 0 aliphatic heterocycles. The second kappa shape index (κ2) is 5.90. The zero-order valence-corrected chi connectivity index (χ0v) is 12.0. The third kappa shape index (κ3) is 3.26. The van der Waals surface area contributed by atoms with Crippen LogP contribution in [0.3, 0.4) is 0 Å². The summed E-state index contributed by atoms with van der Waals surface area (Å²) in [6.45, 7) is 0. The molecule has 100 valence electrons. The lowest BCUT2D eigenvalue weighted by atomic mass is 10.2. The SMILES string of the molecule is Nc1cc(F)ccc1S(=O)Cc1c(Cl)cccc1Cl. The molecule has 2 rings (SSSR count). The van der Waals surface area contributed by atoms with Crippen molar-refractivity contribution in [3.05, 3.63) is 57.8 Å². The van der Waals surface area contributed by atoms with Crippen LogP contribution in [0.2, 0.25) is 10.0 Å². The molecule has 2 aromatic carbocycles. The van der Waals surface area contributed by atoms with Gasteiger partial charge >= 0.3 is 0 Å². The van der Waals surface area contributed by atoms with E-state index in [9.17, 15) is 8.60 Å². The Balaban J connectivity index is 2.31. The fourth-order valence-corrected chi connectivity index (χ4v) is 3.57. The summed E-state index contributed by atoms with van der Waals surface area (Å²) in [5.74, 6) is -0.331.